The van der Waals surface area contributed by atoms with Crippen molar-refractivity contribution in [3.05, 3.63) is 29.3 Å². The molecule has 110 valence electrons. The molecule has 0 aliphatic heterocycles. The number of carbonyl (C=O) groups is 2. The zero-order valence-electron chi connectivity index (χ0n) is 11.2. The Morgan fingerprint density at radius 1 is 1.33 bits per heavy atom. The fraction of sp³-hybridized carbons (Fsp3) is 0.250. The van der Waals surface area contributed by atoms with Gasteiger partial charge in [-0.15, -0.1) is 10.2 Å². The second-order valence-electron chi connectivity index (χ2n) is 4.03. The van der Waals surface area contributed by atoms with Crippen LogP contribution in [0.25, 0.3) is 11.4 Å². The zero-order chi connectivity index (χ0) is 15.2. The number of amides is 3. The molecule has 8 nitrogen and oxygen atoms in total. The fourth-order valence-electron chi connectivity index (χ4n) is 1.56. The van der Waals surface area contributed by atoms with Crippen molar-refractivity contribution in [2.24, 2.45) is 0 Å². The highest BCUT2D eigenvalue weighted by Gasteiger charge is 2.12. The Morgan fingerprint density at radius 2 is 2.10 bits per heavy atom. The molecule has 2 aromatic rings. The number of benzene rings is 1. The number of tetrazole rings is 1. The minimum Gasteiger partial charge on any atom is -0.338 e. The molecule has 21 heavy (non-hydrogen) atoms. The molecule has 0 radical (unpaired) electrons. The molecule has 0 saturated carbocycles. The van der Waals surface area contributed by atoms with E-state index in [0.29, 0.717) is 23.0 Å². The van der Waals surface area contributed by atoms with Crippen LogP contribution in [-0.2, 0) is 11.3 Å². The van der Waals surface area contributed by atoms with Gasteiger partial charge in [0.1, 0.15) is 6.54 Å². The second kappa shape index (κ2) is 6.80. The van der Waals surface area contributed by atoms with Gasteiger partial charge >= 0.3 is 6.03 Å². The molecule has 1 aromatic heterocycles. The van der Waals surface area contributed by atoms with Gasteiger partial charge in [0.2, 0.25) is 5.82 Å². The van der Waals surface area contributed by atoms with Crippen molar-refractivity contribution >= 4 is 23.5 Å². The Kier molecular flexibility index (Phi) is 4.83. The van der Waals surface area contributed by atoms with Crippen molar-refractivity contribution < 1.29 is 9.59 Å². The van der Waals surface area contributed by atoms with Crippen molar-refractivity contribution in [1.29, 1.82) is 0 Å². The summed E-state index contributed by atoms with van der Waals surface area (Å²) in [5.41, 5.74) is 0.620. The molecular formula is C12H13ClN6O2. The summed E-state index contributed by atoms with van der Waals surface area (Å²) in [7, 11) is 0. The predicted octanol–water partition coefficient (Wildman–Crippen LogP) is 0.839. The van der Waals surface area contributed by atoms with Gasteiger partial charge in [-0.3, -0.25) is 10.1 Å². The number of hydrogen-bond donors (Lipinski definition) is 2. The van der Waals surface area contributed by atoms with Crippen LogP contribution < -0.4 is 10.6 Å². The van der Waals surface area contributed by atoms with E-state index in [1.165, 1.54) is 0 Å². The van der Waals surface area contributed by atoms with Gasteiger partial charge in [-0.25, -0.2) is 4.79 Å². The maximum atomic E-state index is 11.6. The lowest BCUT2D eigenvalue weighted by molar-refractivity contribution is -0.121. The van der Waals surface area contributed by atoms with E-state index in [-0.39, 0.29) is 6.54 Å². The molecule has 1 aromatic carbocycles. The van der Waals surface area contributed by atoms with E-state index in [9.17, 15) is 9.59 Å². The third-order valence-electron chi connectivity index (χ3n) is 2.44. The lowest BCUT2D eigenvalue weighted by Gasteiger charge is -2.03. The van der Waals surface area contributed by atoms with Crippen molar-refractivity contribution in [2.45, 2.75) is 13.5 Å². The van der Waals surface area contributed by atoms with Crippen LogP contribution in [0.4, 0.5) is 4.79 Å². The molecule has 0 bridgehead atoms. The summed E-state index contributed by atoms with van der Waals surface area (Å²) >= 11 is 6.03. The maximum absolute atomic E-state index is 11.6. The molecule has 0 aliphatic carbocycles. The molecule has 0 unspecified atom stereocenters. The highest BCUT2D eigenvalue weighted by atomic mass is 35.5. The highest BCUT2D eigenvalue weighted by Crippen LogP contribution is 2.23. The molecule has 0 aliphatic rings. The number of urea groups is 1. The summed E-state index contributed by atoms with van der Waals surface area (Å²) in [4.78, 5) is 23.9. The van der Waals surface area contributed by atoms with E-state index in [0.717, 1.165) is 4.80 Å². The normalized spacial score (nSPS) is 10.2. The van der Waals surface area contributed by atoms with Crippen LogP contribution in [0.15, 0.2) is 24.3 Å². The lowest BCUT2D eigenvalue weighted by atomic mass is 10.2. The van der Waals surface area contributed by atoms with Crippen molar-refractivity contribution in [2.75, 3.05) is 6.54 Å². The topological polar surface area (TPSA) is 102 Å². The molecule has 0 atom stereocenters. The van der Waals surface area contributed by atoms with Crippen molar-refractivity contribution in [3.63, 3.8) is 0 Å². The van der Waals surface area contributed by atoms with E-state index in [4.69, 9.17) is 11.6 Å². The van der Waals surface area contributed by atoms with Gasteiger partial charge in [0.25, 0.3) is 5.91 Å². The van der Waals surface area contributed by atoms with Crippen LogP contribution >= 0.6 is 11.6 Å². The zero-order valence-corrected chi connectivity index (χ0v) is 12.0. The van der Waals surface area contributed by atoms with E-state index in [1.54, 1.807) is 31.2 Å². The molecular weight excluding hydrogens is 296 g/mol. The molecule has 0 fully saturated rings. The summed E-state index contributed by atoms with van der Waals surface area (Å²) in [6, 6.07) is 6.48. The van der Waals surface area contributed by atoms with Gasteiger partial charge in [0.15, 0.2) is 0 Å². The predicted molar refractivity (Wildman–Crippen MR) is 75.5 cm³/mol. The number of imide groups is 1. The fourth-order valence-corrected chi connectivity index (χ4v) is 1.78. The van der Waals surface area contributed by atoms with Gasteiger partial charge in [-0.1, -0.05) is 23.7 Å². The first-order chi connectivity index (χ1) is 10.1. The Balaban J connectivity index is 2.02. The number of hydrogen-bond acceptors (Lipinski definition) is 5. The molecule has 3 amide bonds. The average molecular weight is 309 g/mol. The Morgan fingerprint density at radius 3 is 2.81 bits per heavy atom. The number of rotatable bonds is 4. The third kappa shape index (κ3) is 3.99. The first kappa shape index (κ1) is 14.9. The van der Waals surface area contributed by atoms with Crippen molar-refractivity contribution in [1.82, 2.24) is 30.8 Å². The average Bonchev–Trinajstić information content (AvgIpc) is 2.87. The first-order valence-electron chi connectivity index (χ1n) is 6.20. The summed E-state index contributed by atoms with van der Waals surface area (Å²) in [6.07, 6.45) is 0. The summed E-state index contributed by atoms with van der Waals surface area (Å²) in [6.45, 7) is 1.96. The number of carbonyl (C=O) groups excluding carboxylic acids is 2. The largest absolute Gasteiger partial charge is 0.338 e. The number of aromatic nitrogens is 4. The van der Waals surface area contributed by atoms with Gasteiger partial charge in [0.05, 0.1) is 5.02 Å². The molecule has 1 heterocycles. The quantitative estimate of drug-likeness (QED) is 0.871. The van der Waals surface area contributed by atoms with Crippen LogP contribution in [0.2, 0.25) is 5.02 Å². The van der Waals surface area contributed by atoms with E-state index < -0.39 is 11.9 Å². The molecule has 0 spiro atoms. The number of nitrogens with zero attached hydrogens (tertiary/aromatic N) is 4. The molecule has 2 N–H and O–H groups in total. The minimum absolute atomic E-state index is 0.214. The van der Waals surface area contributed by atoms with Gasteiger partial charge in [0, 0.05) is 12.1 Å². The molecule has 0 saturated heterocycles. The molecule has 2 rings (SSSR count). The summed E-state index contributed by atoms with van der Waals surface area (Å²) in [5, 5.41) is 16.7. The highest BCUT2D eigenvalue weighted by molar-refractivity contribution is 6.33. The summed E-state index contributed by atoms with van der Waals surface area (Å²) < 4.78 is 0. The van der Waals surface area contributed by atoms with Crippen molar-refractivity contribution in [3.8, 4) is 11.4 Å². The van der Waals surface area contributed by atoms with E-state index >= 15 is 0 Å². The SMILES string of the molecule is CCNC(=O)NC(=O)Cn1nnc(-c2ccccc2Cl)n1. The van der Waals surface area contributed by atoms with Gasteiger partial charge in [-0.05, 0) is 24.3 Å². The van der Waals surface area contributed by atoms with Crippen LogP contribution in [-0.4, -0.2) is 38.7 Å². The minimum atomic E-state index is -0.561. The molecule has 9 heteroatoms. The second-order valence-corrected chi connectivity index (χ2v) is 4.44. The van der Waals surface area contributed by atoms with Crippen LogP contribution in [0.5, 0.6) is 0 Å². The Labute approximate surface area is 125 Å². The van der Waals surface area contributed by atoms with Crippen LogP contribution in [0.1, 0.15) is 6.92 Å². The van der Waals surface area contributed by atoms with E-state index in [2.05, 4.69) is 26.0 Å². The smallest absolute Gasteiger partial charge is 0.321 e. The number of halogens is 1. The van der Waals surface area contributed by atoms with E-state index in [1.807, 2.05) is 0 Å². The summed E-state index contributed by atoms with van der Waals surface area (Å²) in [5.74, 6) is -0.226. The monoisotopic (exact) mass is 308 g/mol. The van der Waals surface area contributed by atoms with Crippen LogP contribution in [0.3, 0.4) is 0 Å². The van der Waals surface area contributed by atoms with Gasteiger partial charge < -0.3 is 5.32 Å². The Bertz CT molecular complexity index is 657. The lowest BCUT2D eigenvalue weighted by Crippen LogP contribution is -2.41. The standard InChI is InChI=1S/C12H13ClN6O2/c1-2-14-12(21)15-10(20)7-19-17-11(16-18-19)8-5-3-4-6-9(8)13/h3-6H,2,7H2,1H3,(H2,14,15,20,21). The Hall–Kier alpha value is -2.48. The third-order valence-corrected chi connectivity index (χ3v) is 2.77. The van der Waals surface area contributed by atoms with Gasteiger partial charge in [-0.2, -0.15) is 4.80 Å². The maximum Gasteiger partial charge on any atom is 0.321 e. The van der Waals surface area contributed by atoms with Crippen LogP contribution in [0, 0.1) is 0 Å². The first-order valence-corrected chi connectivity index (χ1v) is 6.58. The number of nitrogens with one attached hydrogen (secondary N) is 2.